The van der Waals surface area contributed by atoms with Gasteiger partial charge in [0.05, 0.1) is 12.8 Å². The van der Waals surface area contributed by atoms with Crippen molar-refractivity contribution in [2.75, 3.05) is 18.5 Å². The van der Waals surface area contributed by atoms with E-state index in [0.717, 1.165) is 10.3 Å². The molecule has 2 N–H and O–H groups in total. The Morgan fingerprint density at radius 3 is 3.14 bits per heavy atom. The zero-order valence-electron chi connectivity index (χ0n) is 7.31. The van der Waals surface area contributed by atoms with Crippen LogP contribution in [-0.2, 0) is 0 Å². The highest BCUT2D eigenvalue weighted by atomic mass is 79.9. The van der Waals surface area contributed by atoms with Crippen LogP contribution in [0.4, 0.5) is 5.82 Å². The summed E-state index contributed by atoms with van der Waals surface area (Å²) in [5, 5.41) is 15.9. The molecule has 2 rings (SSSR count). The second-order valence-corrected chi connectivity index (χ2v) is 3.53. The average Bonchev–Trinajstić information content (AvgIpc) is 2.57. The summed E-state index contributed by atoms with van der Waals surface area (Å²) in [4.78, 5) is 4.12. The SMILES string of the molecule is OCCNc1ccc2ncc(Br)n2n1. The minimum absolute atomic E-state index is 0.0881. The zero-order chi connectivity index (χ0) is 9.97. The van der Waals surface area contributed by atoms with Crippen LogP contribution < -0.4 is 5.32 Å². The number of halogens is 1. The van der Waals surface area contributed by atoms with E-state index < -0.39 is 0 Å². The predicted molar refractivity (Wildman–Crippen MR) is 56.3 cm³/mol. The van der Waals surface area contributed by atoms with Gasteiger partial charge in [0, 0.05) is 6.54 Å². The highest BCUT2D eigenvalue weighted by Crippen LogP contribution is 2.13. The fourth-order valence-corrected chi connectivity index (χ4v) is 1.49. The third-order valence-electron chi connectivity index (χ3n) is 1.74. The normalized spacial score (nSPS) is 10.7. The Morgan fingerprint density at radius 1 is 1.50 bits per heavy atom. The first-order valence-corrected chi connectivity index (χ1v) is 4.95. The number of aromatic nitrogens is 3. The number of fused-ring (bicyclic) bond motifs is 1. The summed E-state index contributed by atoms with van der Waals surface area (Å²) in [6.45, 7) is 0.579. The number of anilines is 1. The maximum atomic E-state index is 8.64. The van der Waals surface area contributed by atoms with E-state index in [0.29, 0.717) is 12.4 Å². The van der Waals surface area contributed by atoms with Crippen LogP contribution in [0.5, 0.6) is 0 Å². The van der Waals surface area contributed by atoms with Crippen molar-refractivity contribution in [3.05, 3.63) is 22.9 Å². The molecule has 0 radical (unpaired) electrons. The van der Waals surface area contributed by atoms with Gasteiger partial charge in [-0.3, -0.25) is 0 Å². The van der Waals surface area contributed by atoms with Gasteiger partial charge in [-0.05, 0) is 28.1 Å². The number of nitrogens with zero attached hydrogens (tertiary/aromatic N) is 3. The van der Waals surface area contributed by atoms with Gasteiger partial charge in [-0.15, -0.1) is 5.10 Å². The number of imidazole rings is 1. The maximum absolute atomic E-state index is 8.64. The van der Waals surface area contributed by atoms with E-state index in [1.54, 1.807) is 10.7 Å². The lowest BCUT2D eigenvalue weighted by Crippen LogP contribution is -2.08. The van der Waals surface area contributed by atoms with Crippen LogP contribution in [0.15, 0.2) is 22.9 Å². The standard InChI is InChI=1S/C8H9BrN4O/c9-6-5-11-8-2-1-7(10-3-4-14)12-13(6)8/h1-2,5,14H,3-4H2,(H,10,12). The number of hydrogen-bond donors (Lipinski definition) is 2. The molecule has 0 aliphatic carbocycles. The molecule has 14 heavy (non-hydrogen) atoms. The van der Waals surface area contributed by atoms with E-state index >= 15 is 0 Å². The summed E-state index contributed by atoms with van der Waals surface area (Å²) >= 11 is 3.33. The first-order chi connectivity index (χ1) is 6.81. The van der Waals surface area contributed by atoms with Crippen LogP contribution in [0.2, 0.25) is 0 Å². The van der Waals surface area contributed by atoms with Crippen LogP contribution in [0.25, 0.3) is 5.65 Å². The molecule has 2 aromatic rings. The van der Waals surface area contributed by atoms with E-state index in [-0.39, 0.29) is 6.61 Å². The van der Waals surface area contributed by atoms with E-state index in [2.05, 4.69) is 31.3 Å². The van der Waals surface area contributed by atoms with Gasteiger partial charge >= 0.3 is 0 Å². The van der Waals surface area contributed by atoms with Gasteiger partial charge < -0.3 is 10.4 Å². The third kappa shape index (κ3) is 1.71. The maximum Gasteiger partial charge on any atom is 0.154 e. The van der Waals surface area contributed by atoms with Crippen molar-refractivity contribution in [1.82, 2.24) is 14.6 Å². The Balaban J connectivity index is 2.34. The molecule has 0 bridgehead atoms. The Labute approximate surface area is 88.9 Å². The highest BCUT2D eigenvalue weighted by Gasteiger charge is 2.01. The van der Waals surface area contributed by atoms with E-state index in [1.807, 2.05) is 12.1 Å². The number of nitrogens with one attached hydrogen (secondary N) is 1. The molecule has 0 spiro atoms. The molecule has 0 saturated carbocycles. The largest absolute Gasteiger partial charge is 0.395 e. The molecule has 2 aromatic heterocycles. The number of aliphatic hydroxyl groups is 1. The monoisotopic (exact) mass is 256 g/mol. The molecule has 2 heterocycles. The van der Waals surface area contributed by atoms with Gasteiger partial charge in [0.15, 0.2) is 5.65 Å². The molecule has 0 fully saturated rings. The molecular formula is C8H9BrN4O. The Morgan fingerprint density at radius 2 is 2.36 bits per heavy atom. The van der Waals surface area contributed by atoms with Gasteiger partial charge in [0.25, 0.3) is 0 Å². The van der Waals surface area contributed by atoms with Crippen molar-refractivity contribution >= 4 is 27.4 Å². The minimum Gasteiger partial charge on any atom is -0.395 e. The molecule has 0 amide bonds. The molecule has 0 aliphatic heterocycles. The van der Waals surface area contributed by atoms with Crippen LogP contribution in [-0.4, -0.2) is 32.9 Å². The summed E-state index contributed by atoms with van der Waals surface area (Å²) in [7, 11) is 0. The minimum atomic E-state index is 0.0881. The molecule has 6 heteroatoms. The Kier molecular flexibility index (Phi) is 2.64. The topological polar surface area (TPSA) is 62.5 Å². The molecule has 0 aromatic carbocycles. The number of hydrogen-bond acceptors (Lipinski definition) is 4. The summed E-state index contributed by atoms with van der Waals surface area (Å²) in [6.07, 6.45) is 1.69. The third-order valence-corrected chi connectivity index (χ3v) is 2.28. The van der Waals surface area contributed by atoms with Gasteiger partial charge in [-0.2, -0.15) is 0 Å². The Bertz CT molecular complexity index is 442. The molecule has 0 aliphatic rings. The fraction of sp³-hybridized carbons (Fsp3) is 0.250. The van der Waals surface area contributed by atoms with Crippen LogP contribution in [0.3, 0.4) is 0 Å². The van der Waals surface area contributed by atoms with Crippen molar-refractivity contribution in [2.45, 2.75) is 0 Å². The Hall–Kier alpha value is -1.14. The van der Waals surface area contributed by atoms with Crippen molar-refractivity contribution in [1.29, 1.82) is 0 Å². The van der Waals surface area contributed by atoms with Crippen molar-refractivity contribution in [3.8, 4) is 0 Å². The summed E-state index contributed by atoms with van der Waals surface area (Å²) in [5.74, 6) is 0.713. The van der Waals surface area contributed by atoms with Gasteiger partial charge in [0.1, 0.15) is 10.4 Å². The first-order valence-electron chi connectivity index (χ1n) is 4.16. The summed E-state index contributed by atoms with van der Waals surface area (Å²) in [6, 6.07) is 3.68. The van der Waals surface area contributed by atoms with E-state index in [4.69, 9.17) is 5.11 Å². The van der Waals surface area contributed by atoms with Crippen molar-refractivity contribution in [2.24, 2.45) is 0 Å². The lowest BCUT2D eigenvalue weighted by Gasteiger charge is -2.03. The molecule has 5 nitrogen and oxygen atoms in total. The van der Waals surface area contributed by atoms with E-state index in [9.17, 15) is 0 Å². The average molecular weight is 257 g/mol. The van der Waals surface area contributed by atoms with Crippen molar-refractivity contribution in [3.63, 3.8) is 0 Å². The molecule has 0 unspecified atom stereocenters. The van der Waals surface area contributed by atoms with Crippen LogP contribution in [0.1, 0.15) is 0 Å². The predicted octanol–water partition coefficient (Wildman–Crippen LogP) is 0.896. The summed E-state index contributed by atoms with van der Waals surface area (Å²) in [5.41, 5.74) is 0.784. The molecule has 74 valence electrons. The van der Waals surface area contributed by atoms with Crippen LogP contribution >= 0.6 is 15.9 Å². The number of rotatable bonds is 3. The van der Waals surface area contributed by atoms with Crippen molar-refractivity contribution < 1.29 is 5.11 Å². The lowest BCUT2D eigenvalue weighted by molar-refractivity contribution is 0.311. The highest BCUT2D eigenvalue weighted by molar-refractivity contribution is 9.10. The summed E-state index contributed by atoms with van der Waals surface area (Å²) < 4.78 is 2.49. The smallest absolute Gasteiger partial charge is 0.154 e. The molecule has 0 saturated heterocycles. The molecule has 0 atom stereocenters. The number of aliphatic hydroxyl groups excluding tert-OH is 1. The van der Waals surface area contributed by atoms with Gasteiger partial charge in [-0.25, -0.2) is 9.50 Å². The van der Waals surface area contributed by atoms with Gasteiger partial charge in [0.2, 0.25) is 0 Å². The first kappa shape index (κ1) is 9.42. The molecular weight excluding hydrogens is 248 g/mol. The van der Waals surface area contributed by atoms with Crippen LogP contribution in [0, 0.1) is 0 Å². The second-order valence-electron chi connectivity index (χ2n) is 2.72. The zero-order valence-corrected chi connectivity index (χ0v) is 8.90. The lowest BCUT2D eigenvalue weighted by atomic mass is 10.5. The van der Waals surface area contributed by atoms with E-state index in [1.165, 1.54) is 0 Å². The quantitative estimate of drug-likeness (QED) is 0.857. The second kappa shape index (κ2) is 3.93. The van der Waals surface area contributed by atoms with Gasteiger partial charge in [-0.1, -0.05) is 0 Å². The fourth-order valence-electron chi connectivity index (χ4n) is 1.12.